The smallest absolute Gasteiger partial charge is 0.0897 e. The minimum absolute atomic E-state index is 0.118. The van der Waals surface area contributed by atoms with Gasteiger partial charge in [-0.1, -0.05) is 55.4 Å². The van der Waals surface area contributed by atoms with Crippen molar-refractivity contribution >= 4 is 40.2 Å². The van der Waals surface area contributed by atoms with E-state index in [1.807, 2.05) is 0 Å². The third-order valence-electron chi connectivity index (χ3n) is 3.07. The predicted molar refractivity (Wildman–Crippen MR) is 101 cm³/mol. The quantitative estimate of drug-likeness (QED) is 0.624. The molecular weight excluding hydrogens is 284 g/mol. The molecule has 0 amide bonds. The Morgan fingerprint density at radius 1 is 0.611 bits per heavy atom. The summed E-state index contributed by atoms with van der Waals surface area (Å²) in [6.45, 7) is 18.5. The van der Waals surface area contributed by atoms with Gasteiger partial charge < -0.3 is 8.46 Å². The van der Waals surface area contributed by atoms with E-state index in [2.05, 4.69) is 63.9 Å². The molecule has 0 heterocycles. The lowest BCUT2D eigenvalue weighted by Gasteiger charge is -2.22. The maximum absolute atomic E-state index is 2.64. The molecule has 0 aliphatic heterocycles. The fourth-order valence-corrected chi connectivity index (χ4v) is 9.10. The average Bonchev–Trinajstić information content (AvgIpc) is 2.16. The van der Waals surface area contributed by atoms with Crippen LogP contribution in [-0.2, 0) is 0 Å². The molecule has 0 aliphatic carbocycles. The van der Waals surface area contributed by atoms with Crippen LogP contribution in [0, 0.1) is 0 Å². The molecule has 0 aliphatic rings. The van der Waals surface area contributed by atoms with Crippen molar-refractivity contribution in [3.8, 4) is 0 Å². The van der Waals surface area contributed by atoms with Crippen LogP contribution < -0.4 is 0 Å². The Hall–Kier alpha value is 0.788. The van der Waals surface area contributed by atoms with Gasteiger partial charge >= 0.3 is 0 Å². The molecule has 0 spiro atoms. The molecule has 0 saturated carbocycles. The van der Waals surface area contributed by atoms with E-state index in [4.69, 9.17) is 0 Å². The Kier molecular flexibility index (Phi) is 13.6. The van der Waals surface area contributed by atoms with Crippen molar-refractivity contribution in [2.75, 3.05) is 0 Å². The summed E-state index contributed by atoms with van der Waals surface area (Å²) in [6, 6.07) is 1.62. The predicted octanol–water partition coefficient (Wildman–Crippen LogP) is -0.221. The summed E-state index contributed by atoms with van der Waals surface area (Å²) < 4.78 is 5.29. The number of hydrogen-bond acceptors (Lipinski definition) is 2. The first-order valence-electron chi connectivity index (χ1n) is 7.48. The molecule has 18 heavy (non-hydrogen) atoms. The van der Waals surface area contributed by atoms with E-state index >= 15 is 0 Å². The highest BCUT2D eigenvalue weighted by molar-refractivity contribution is 6.43. The van der Waals surface area contributed by atoms with Crippen molar-refractivity contribution in [1.29, 1.82) is 0 Å². The highest BCUT2D eigenvalue weighted by Gasteiger charge is 2.04. The first kappa shape index (κ1) is 21.1. The number of nitrogens with zero attached hydrogens (tertiary/aromatic N) is 2. The van der Waals surface area contributed by atoms with Gasteiger partial charge in [0.25, 0.3) is 0 Å². The van der Waals surface area contributed by atoms with Gasteiger partial charge in [-0.25, -0.2) is 0 Å². The molecule has 0 aromatic carbocycles. The lowest BCUT2D eigenvalue weighted by molar-refractivity contribution is 0.551. The Labute approximate surface area is 127 Å². The average molecular weight is 323 g/mol. The SMILES string of the molecule is CC(C)[SiH2]N([SiH3])C(C)C.CC(C)[SiH2]N([SiH3])C(C)C. The molecule has 0 fully saturated rings. The zero-order valence-electron chi connectivity index (χ0n) is 14.6. The van der Waals surface area contributed by atoms with Crippen LogP contribution in [0.4, 0.5) is 0 Å². The maximum atomic E-state index is 2.64. The van der Waals surface area contributed by atoms with Crippen LogP contribution in [0.2, 0.25) is 11.1 Å². The standard InChI is InChI=1S/2C6H19NSi2/c2*1-5(2)7(8)9-6(3)4/h2*5-6H,9H2,1-4,8H3. The van der Waals surface area contributed by atoms with Gasteiger partial charge in [-0.3, -0.25) is 0 Å². The normalized spacial score (nSPS) is 13.7. The molecule has 2 nitrogen and oxygen atoms in total. The Balaban J connectivity index is 0. The van der Waals surface area contributed by atoms with Gasteiger partial charge in [0.05, 0.1) is 40.2 Å². The Morgan fingerprint density at radius 3 is 0.889 bits per heavy atom. The largest absolute Gasteiger partial charge is 0.355 e. The van der Waals surface area contributed by atoms with Gasteiger partial charge in [-0.2, -0.15) is 0 Å². The van der Waals surface area contributed by atoms with Gasteiger partial charge in [-0.15, -0.1) is 0 Å². The summed E-state index contributed by atoms with van der Waals surface area (Å²) >= 11 is 0. The third-order valence-corrected chi connectivity index (χ3v) is 11.4. The summed E-state index contributed by atoms with van der Waals surface area (Å²) in [7, 11) is 2.77. The minimum Gasteiger partial charge on any atom is -0.355 e. The van der Waals surface area contributed by atoms with Gasteiger partial charge in [0, 0.05) is 0 Å². The fraction of sp³-hybridized carbons (Fsp3) is 1.00. The maximum Gasteiger partial charge on any atom is 0.0897 e. The number of hydrogen-bond donors (Lipinski definition) is 0. The van der Waals surface area contributed by atoms with E-state index in [0.717, 1.165) is 23.2 Å². The summed E-state index contributed by atoms with van der Waals surface area (Å²) in [5.74, 6) is 0. The van der Waals surface area contributed by atoms with Crippen LogP contribution in [0.5, 0.6) is 0 Å². The minimum atomic E-state index is 0.118. The molecule has 0 radical (unpaired) electrons. The van der Waals surface area contributed by atoms with E-state index in [9.17, 15) is 0 Å². The molecule has 0 atom stereocenters. The van der Waals surface area contributed by atoms with Crippen molar-refractivity contribution in [2.45, 2.75) is 78.6 Å². The lowest BCUT2D eigenvalue weighted by atomic mass is 10.4. The molecule has 0 aromatic heterocycles. The van der Waals surface area contributed by atoms with E-state index in [0.29, 0.717) is 0 Å². The van der Waals surface area contributed by atoms with Gasteiger partial charge in [0.1, 0.15) is 0 Å². The van der Waals surface area contributed by atoms with Crippen molar-refractivity contribution in [3.05, 3.63) is 0 Å². The summed E-state index contributed by atoms with van der Waals surface area (Å²) in [6.07, 6.45) is 0. The zero-order chi connectivity index (χ0) is 14.9. The van der Waals surface area contributed by atoms with Crippen LogP contribution in [0.25, 0.3) is 0 Å². The van der Waals surface area contributed by atoms with Crippen LogP contribution in [0.15, 0.2) is 0 Å². The second kappa shape index (κ2) is 11.6. The fourth-order valence-electron chi connectivity index (χ4n) is 1.57. The van der Waals surface area contributed by atoms with E-state index in [1.54, 1.807) is 0 Å². The summed E-state index contributed by atoms with van der Waals surface area (Å²) in [5.41, 5.74) is 1.93. The monoisotopic (exact) mass is 322 g/mol. The highest BCUT2D eigenvalue weighted by atomic mass is 28.3. The van der Waals surface area contributed by atoms with E-state index in [-0.39, 0.29) is 19.4 Å². The van der Waals surface area contributed by atoms with Crippen LogP contribution in [-0.4, -0.2) is 60.7 Å². The van der Waals surface area contributed by atoms with Crippen LogP contribution >= 0.6 is 0 Å². The highest BCUT2D eigenvalue weighted by Crippen LogP contribution is 2.02. The third kappa shape index (κ3) is 14.8. The first-order valence-corrected chi connectivity index (χ1v) is 12.2. The Morgan fingerprint density at radius 2 is 0.833 bits per heavy atom. The molecule has 0 aromatic rings. The van der Waals surface area contributed by atoms with Gasteiger partial charge in [0.15, 0.2) is 0 Å². The lowest BCUT2D eigenvalue weighted by Crippen LogP contribution is -2.33. The molecule has 0 saturated heterocycles. The zero-order valence-corrected chi connectivity index (χ0v) is 21.4. The molecular formula is C12H38N2Si4. The van der Waals surface area contributed by atoms with Crippen molar-refractivity contribution < 1.29 is 0 Å². The number of rotatable bonds is 6. The van der Waals surface area contributed by atoms with E-state index < -0.39 is 0 Å². The molecule has 0 N–H and O–H groups in total. The second-order valence-electron chi connectivity index (χ2n) is 6.85. The van der Waals surface area contributed by atoms with Crippen molar-refractivity contribution in [1.82, 2.24) is 8.46 Å². The molecule has 6 heteroatoms. The molecule has 112 valence electrons. The first-order chi connectivity index (χ1) is 8.07. The summed E-state index contributed by atoms with van der Waals surface area (Å²) in [4.78, 5) is 0. The summed E-state index contributed by atoms with van der Waals surface area (Å²) in [5, 5.41) is 0. The van der Waals surface area contributed by atoms with Crippen molar-refractivity contribution in [3.63, 3.8) is 0 Å². The van der Waals surface area contributed by atoms with Crippen LogP contribution in [0.3, 0.4) is 0 Å². The van der Waals surface area contributed by atoms with Gasteiger partial charge in [-0.05, 0) is 23.2 Å². The van der Waals surface area contributed by atoms with Crippen LogP contribution in [0.1, 0.15) is 55.4 Å². The molecule has 0 unspecified atom stereocenters. The second-order valence-corrected chi connectivity index (χ2v) is 17.7. The Bertz CT molecular complexity index is 167. The van der Waals surface area contributed by atoms with Gasteiger partial charge in [0.2, 0.25) is 0 Å². The topological polar surface area (TPSA) is 6.48 Å². The van der Waals surface area contributed by atoms with Crippen molar-refractivity contribution in [2.24, 2.45) is 0 Å². The molecule has 0 bridgehead atoms. The van der Waals surface area contributed by atoms with E-state index in [1.165, 1.54) is 20.8 Å². The molecule has 0 rings (SSSR count).